The van der Waals surface area contributed by atoms with Crippen LogP contribution in [0, 0.1) is 6.92 Å². The molecule has 1 aliphatic rings. The molecule has 0 aromatic heterocycles. The van der Waals surface area contributed by atoms with Crippen LogP contribution in [0.4, 0.5) is 5.69 Å². The van der Waals surface area contributed by atoms with Crippen molar-refractivity contribution in [2.24, 2.45) is 0 Å². The smallest absolute Gasteiger partial charge is 0.223 e. The number of methoxy groups -OCH3 is 3. The molecule has 38 heavy (non-hydrogen) atoms. The van der Waals surface area contributed by atoms with E-state index < -0.39 is 0 Å². The number of hydrogen-bond donors (Lipinski definition) is 1. The van der Waals surface area contributed by atoms with E-state index in [0.29, 0.717) is 48.9 Å². The Hall–Kier alpha value is -3.87. The second-order valence-corrected chi connectivity index (χ2v) is 9.59. The molecule has 0 saturated carbocycles. The summed E-state index contributed by atoms with van der Waals surface area (Å²) in [5, 5.41) is 0. The maximum Gasteiger partial charge on any atom is 0.223 e. The van der Waals surface area contributed by atoms with Crippen LogP contribution in [0.25, 0.3) is 0 Å². The van der Waals surface area contributed by atoms with Gasteiger partial charge in [0, 0.05) is 19.4 Å². The number of fused-ring (bicyclic) bond motifs is 1. The third kappa shape index (κ3) is 5.67. The van der Waals surface area contributed by atoms with Crippen molar-refractivity contribution in [3.05, 3.63) is 76.3 Å². The zero-order valence-corrected chi connectivity index (χ0v) is 23.0. The Kier molecular flexibility index (Phi) is 8.66. The normalized spacial score (nSPS) is 14.6. The Bertz CT molecular complexity index is 1290. The lowest BCUT2D eigenvalue weighted by Gasteiger charge is -2.39. The third-order valence-electron chi connectivity index (χ3n) is 7.15. The van der Waals surface area contributed by atoms with Gasteiger partial charge in [-0.3, -0.25) is 4.79 Å². The Morgan fingerprint density at radius 1 is 0.947 bits per heavy atom. The van der Waals surface area contributed by atoms with E-state index in [2.05, 4.69) is 25.1 Å². The third-order valence-corrected chi connectivity index (χ3v) is 7.15. The first-order valence-corrected chi connectivity index (χ1v) is 13.1. The van der Waals surface area contributed by atoms with Gasteiger partial charge in [-0.05, 0) is 84.0 Å². The van der Waals surface area contributed by atoms with E-state index in [1.807, 2.05) is 42.2 Å². The highest BCUT2D eigenvalue weighted by Crippen LogP contribution is 2.42. The van der Waals surface area contributed by atoms with Gasteiger partial charge in [-0.25, -0.2) is 0 Å². The molecule has 0 radical (unpaired) electrons. The van der Waals surface area contributed by atoms with E-state index in [-0.39, 0.29) is 11.9 Å². The van der Waals surface area contributed by atoms with Crippen molar-refractivity contribution in [1.29, 1.82) is 0 Å². The Morgan fingerprint density at radius 2 is 1.74 bits per heavy atom. The SMILES string of the molecule is CCCC(=O)N1CCc2cc(OC)c(OCCc3ccc(OC)c(N)c3)cc2C1c1ccc(OC)cc1C. The number of carbonyl (C=O) groups excluding carboxylic acids is 1. The Balaban J connectivity index is 1.68. The largest absolute Gasteiger partial charge is 0.497 e. The van der Waals surface area contributed by atoms with E-state index >= 15 is 0 Å². The lowest BCUT2D eigenvalue weighted by Crippen LogP contribution is -2.40. The molecule has 1 atom stereocenters. The number of nitrogen functional groups attached to an aromatic ring is 1. The molecule has 3 aromatic rings. The minimum Gasteiger partial charge on any atom is -0.497 e. The van der Waals surface area contributed by atoms with Crippen LogP contribution in [-0.4, -0.2) is 45.3 Å². The number of carbonyl (C=O) groups is 1. The fraction of sp³-hybridized carbons (Fsp3) is 0.387. The predicted molar refractivity (Wildman–Crippen MR) is 149 cm³/mol. The van der Waals surface area contributed by atoms with Crippen molar-refractivity contribution >= 4 is 11.6 Å². The van der Waals surface area contributed by atoms with Crippen molar-refractivity contribution in [3.63, 3.8) is 0 Å². The lowest BCUT2D eigenvalue weighted by atomic mass is 9.85. The molecule has 202 valence electrons. The van der Waals surface area contributed by atoms with E-state index in [1.165, 1.54) is 0 Å². The number of amides is 1. The number of nitrogens with two attached hydrogens (primary N) is 1. The van der Waals surface area contributed by atoms with Gasteiger partial charge in [0.2, 0.25) is 5.91 Å². The maximum absolute atomic E-state index is 13.3. The van der Waals surface area contributed by atoms with Gasteiger partial charge in [-0.1, -0.05) is 19.1 Å². The standard InChI is InChI=1S/C31H38N2O5/c1-6-7-30(34)33-14-12-22-18-28(37-5)29(38-15-13-21-8-11-27(36-4)26(32)17-21)19-25(22)31(33)24-10-9-23(35-3)16-20(24)2/h8-11,16-19,31H,6-7,12-15,32H2,1-5H3. The van der Waals surface area contributed by atoms with Crippen molar-refractivity contribution in [3.8, 4) is 23.0 Å². The van der Waals surface area contributed by atoms with E-state index in [9.17, 15) is 4.79 Å². The number of benzene rings is 3. The Labute approximate surface area is 225 Å². The quantitative estimate of drug-likeness (QED) is 0.357. The molecule has 1 heterocycles. The van der Waals surface area contributed by atoms with Gasteiger partial charge in [0.1, 0.15) is 11.5 Å². The molecule has 3 aromatic carbocycles. The van der Waals surface area contributed by atoms with Crippen LogP contribution >= 0.6 is 0 Å². The summed E-state index contributed by atoms with van der Waals surface area (Å²) in [6, 6.07) is 15.7. The summed E-state index contributed by atoms with van der Waals surface area (Å²) < 4.78 is 22.7. The van der Waals surface area contributed by atoms with Gasteiger partial charge in [-0.15, -0.1) is 0 Å². The summed E-state index contributed by atoms with van der Waals surface area (Å²) in [5.41, 5.74) is 12.1. The summed E-state index contributed by atoms with van der Waals surface area (Å²) >= 11 is 0. The number of aryl methyl sites for hydroxylation is 1. The number of hydrogen-bond acceptors (Lipinski definition) is 6. The molecular formula is C31H38N2O5. The van der Waals surface area contributed by atoms with Crippen LogP contribution in [-0.2, 0) is 17.6 Å². The van der Waals surface area contributed by atoms with Crippen LogP contribution < -0.4 is 24.7 Å². The summed E-state index contributed by atoms with van der Waals surface area (Å²) in [6.45, 7) is 5.21. The minimum absolute atomic E-state index is 0.161. The molecule has 0 saturated heterocycles. The van der Waals surface area contributed by atoms with Gasteiger partial charge in [0.05, 0.1) is 39.7 Å². The molecule has 0 spiro atoms. The summed E-state index contributed by atoms with van der Waals surface area (Å²) in [4.78, 5) is 15.3. The second kappa shape index (κ2) is 12.1. The first-order chi connectivity index (χ1) is 18.4. The molecular weight excluding hydrogens is 480 g/mol. The fourth-order valence-corrected chi connectivity index (χ4v) is 5.16. The zero-order chi connectivity index (χ0) is 27.2. The monoisotopic (exact) mass is 518 g/mol. The number of nitrogens with zero attached hydrogens (tertiary/aromatic N) is 1. The molecule has 0 bridgehead atoms. The highest BCUT2D eigenvalue weighted by molar-refractivity contribution is 5.78. The molecule has 2 N–H and O–H groups in total. The number of ether oxygens (including phenoxy) is 4. The average molecular weight is 519 g/mol. The van der Waals surface area contributed by atoms with Crippen molar-refractivity contribution in [2.45, 2.75) is 45.6 Å². The maximum atomic E-state index is 13.3. The van der Waals surface area contributed by atoms with Crippen molar-refractivity contribution < 1.29 is 23.7 Å². The van der Waals surface area contributed by atoms with E-state index in [1.54, 1.807) is 21.3 Å². The molecule has 1 amide bonds. The molecule has 0 aliphatic carbocycles. The van der Waals surface area contributed by atoms with Crippen LogP contribution in [0.2, 0.25) is 0 Å². The van der Waals surface area contributed by atoms with Crippen LogP contribution in [0.15, 0.2) is 48.5 Å². The minimum atomic E-state index is -0.210. The van der Waals surface area contributed by atoms with Gasteiger partial charge in [0.15, 0.2) is 11.5 Å². The molecule has 4 rings (SSSR count). The topological polar surface area (TPSA) is 83.2 Å². The predicted octanol–water partition coefficient (Wildman–Crippen LogP) is 5.50. The van der Waals surface area contributed by atoms with Gasteiger partial charge < -0.3 is 29.6 Å². The Morgan fingerprint density at radius 3 is 2.39 bits per heavy atom. The van der Waals surface area contributed by atoms with E-state index in [0.717, 1.165) is 46.4 Å². The summed E-state index contributed by atoms with van der Waals surface area (Å²) in [7, 11) is 4.93. The molecule has 1 aliphatic heterocycles. The van der Waals surface area contributed by atoms with Crippen LogP contribution in [0.1, 0.15) is 53.6 Å². The highest BCUT2D eigenvalue weighted by atomic mass is 16.5. The van der Waals surface area contributed by atoms with Crippen LogP contribution in [0.5, 0.6) is 23.0 Å². The van der Waals surface area contributed by atoms with Gasteiger partial charge in [0.25, 0.3) is 0 Å². The van der Waals surface area contributed by atoms with Crippen molar-refractivity contribution in [1.82, 2.24) is 4.90 Å². The first kappa shape index (κ1) is 27.2. The van der Waals surface area contributed by atoms with Gasteiger partial charge >= 0.3 is 0 Å². The molecule has 7 nitrogen and oxygen atoms in total. The van der Waals surface area contributed by atoms with E-state index in [4.69, 9.17) is 24.7 Å². The highest BCUT2D eigenvalue weighted by Gasteiger charge is 2.34. The molecule has 0 fully saturated rings. The number of rotatable bonds is 10. The first-order valence-electron chi connectivity index (χ1n) is 13.1. The second-order valence-electron chi connectivity index (χ2n) is 9.59. The van der Waals surface area contributed by atoms with Crippen molar-refractivity contribution in [2.75, 3.05) is 40.2 Å². The lowest BCUT2D eigenvalue weighted by molar-refractivity contribution is -0.133. The summed E-state index contributed by atoms with van der Waals surface area (Å²) in [5.74, 6) is 2.97. The average Bonchev–Trinajstić information content (AvgIpc) is 2.92. The van der Waals surface area contributed by atoms with Gasteiger partial charge in [-0.2, -0.15) is 0 Å². The molecule has 1 unspecified atom stereocenters. The van der Waals surface area contributed by atoms with Crippen LogP contribution in [0.3, 0.4) is 0 Å². The fourth-order valence-electron chi connectivity index (χ4n) is 5.16. The zero-order valence-electron chi connectivity index (χ0n) is 23.0. The summed E-state index contributed by atoms with van der Waals surface area (Å²) in [6.07, 6.45) is 2.77. The number of anilines is 1. The molecule has 7 heteroatoms.